The second-order valence-corrected chi connectivity index (χ2v) is 5.72. The zero-order chi connectivity index (χ0) is 13.8. The molecule has 1 saturated heterocycles. The molecule has 3 nitrogen and oxygen atoms in total. The Bertz CT molecular complexity index is 448. The fourth-order valence-electron chi connectivity index (χ4n) is 2.70. The normalized spacial score (nSPS) is 16.6. The monoisotopic (exact) mass is 260 g/mol. The fourth-order valence-corrected chi connectivity index (χ4v) is 2.70. The molecule has 1 aliphatic rings. The summed E-state index contributed by atoms with van der Waals surface area (Å²) >= 11 is 0. The molecule has 0 aromatic heterocycles. The van der Waals surface area contributed by atoms with E-state index >= 15 is 0 Å². The van der Waals surface area contributed by atoms with Crippen molar-refractivity contribution in [3.63, 3.8) is 0 Å². The molecule has 0 saturated carbocycles. The van der Waals surface area contributed by atoms with Crippen molar-refractivity contribution >= 4 is 5.91 Å². The molecule has 0 aliphatic carbocycles. The standard InChI is InChI=1S/C16H24N2O/c1-11(2)18-16(19)14-5-4-12(3)15(10-14)13-6-8-17-9-7-13/h4-5,10-11,13,17H,6-9H2,1-3H3,(H,18,19). The van der Waals surface area contributed by atoms with E-state index < -0.39 is 0 Å². The average Bonchev–Trinajstić information content (AvgIpc) is 2.39. The van der Waals surface area contributed by atoms with Crippen LogP contribution in [0.15, 0.2) is 18.2 Å². The first-order valence-electron chi connectivity index (χ1n) is 7.20. The van der Waals surface area contributed by atoms with E-state index in [2.05, 4.69) is 29.7 Å². The van der Waals surface area contributed by atoms with Gasteiger partial charge in [-0.2, -0.15) is 0 Å². The molecule has 0 bridgehead atoms. The zero-order valence-corrected chi connectivity index (χ0v) is 12.1. The van der Waals surface area contributed by atoms with Crippen molar-refractivity contribution in [2.45, 2.75) is 45.6 Å². The van der Waals surface area contributed by atoms with Crippen molar-refractivity contribution in [2.24, 2.45) is 0 Å². The quantitative estimate of drug-likeness (QED) is 0.877. The number of piperidine rings is 1. The van der Waals surface area contributed by atoms with Gasteiger partial charge in [-0.05, 0) is 75.9 Å². The van der Waals surface area contributed by atoms with Crippen molar-refractivity contribution < 1.29 is 4.79 Å². The largest absolute Gasteiger partial charge is 0.350 e. The molecule has 19 heavy (non-hydrogen) atoms. The van der Waals surface area contributed by atoms with E-state index in [9.17, 15) is 4.79 Å². The van der Waals surface area contributed by atoms with Gasteiger partial charge in [-0.1, -0.05) is 6.07 Å². The van der Waals surface area contributed by atoms with Gasteiger partial charge in [0.05, 0.1) is 0 Å². The highest BCUT2D eigenvalue weighted by atomic mass is 16.1. The Morgan fingerprint density at radius 3 is 2.63 bits per heavy atom. The lowest BCUT2D eigenvalue weighted by atomic mass is 9.86. The molecule has 1 heterocycles. The second-order valence-electron chi connectivity index (χ2n) is 5.72. The van der Waals surface area contributed by atoms with Crippen LogP contribution in [0.2, 0.25) is 0 Å². The Balaban J connectivity index is 2.21. The minimum Gasteiger partial charge on any atom is -0.350 e. The number of nitrogens with one attached hydrogen (secondary N) is 2. The van der Waals surface area contributed by atoms with Crippen LogP contribution >= 0.6 is 0 Å². The third-order valence-electron chi connectivity index (χ3n) is 3.74. The fraction of sp³-hybridized carbons (Fsp3) is 0.562. The zero-order valence-electron chi connectivity index (χ0n) is 12.1. The molecule has 0 unspecified atom stereocenters. The van der Waals surface area contributed by atoms with Crippen LogP contribution in [0.25, 0.3) is 0 Å². The Kier molecular flexibility index (Phi) is 4.59. The summed E-state index contributed by atoms with van der Waals surface area (Å²) in [6.07, 6.45) is 2.33. The lowest BCUT2D eigenvalue weighted by Crippen LogP contribution is -2.30. The maximum absolute atomic E-state index is 12.1. The Hall–Kier alpha value is -1.35. The maximum Gasteiger partial charge on any atom is 0.251 e. The van der Waals surface area contributed by atoms with E-state index in [4.69, 9.17) is 0 Å². The van der Waals surface area contributed by atoms with Gasteiger partial charge in [0.15, 0.2) is 0 Å². The van der Waals surface area contributed by atoms with Gasteiger partial charge in [0.2, 0.25) is 0 Å². The molecule has 1 aliphatic heterocycles. The minimum atomic E-state index is 0.0326. The lowest BCUT2D eigenvalue weighted by Gasteiger charge is -2.25. The number of hydrogen-bond donors (Lipinski definition) is 2. The molecule has 0 radical (unpaired) electrons. The summed E-state index contributed by atoms with van der Waals surface area (Å²) in [6, 6.07) is 6.27. The molecule has 104 valence electrons. The van der Waals surface area contributed by atoms with Crippen LogP contribution < -0.4 is 10.6 Å². The highest BCUT2D eigenvalue weighted by Gasteiger charge is 2.18. The molecule has 0 atom stereocenters. The molecule has 1 fully saturated rings. The first-order valence-corrected chi connectivity index (χ1v) is 7.20. The van der Waals surface area contributed by atoms with Crippen molar-refractivity contribution in [3.05, 3.63) is 34.9 Å². The van der Waals surface area contributed by atoms with E-state index in [0.29, 0.717) is 5.92 Å². The minimum absolute atomic E-state index is 0.0326. The smallest absolute Gasteiger partial charge is 0.251 e. The number of carbonyl (C=O) groups excluding carboxylic acids is 1. The highest BCUT2D eigenvalue weighted by molar-refractivity contribution is 5.94. The number of rotatable bonds is 3. The van der Waals surface area contributed by atoms with Gasteiger partial charge >= 0.3 is 0 Å². The number of hydrogen-bond acceptors (Lipinski definition) is 2. The number of amides is 1. The molecule has 0 spiro atoms. The van der Waals surface area contributed by atoms with Crippen molar-refractivity contribution in [1.82, 2.24) is 10.6 Å². The molecule has 1 aromatic rings. The van der Waals surface area contributed by atoms with E-state index in [1.807, 2.05) is 19.9 Å². The van der Waals surface area contributed by atoms with Crippen LogP contribution in [0.5, 0.6) is 0 Å². The first kappa shape index (κ1) is 14.1. The average molecular weight is 260 g/mol. The summed E-state index contributed by atoms with van der Waals surface area (Å²) in [5, 5.41) is 6.35. The Morgan fingerprint density at radius 1 is 1.32 bits per heavy atom. The molecule has 3 heteroatoms. The number of carbonyl (C=O) groups is 1. The molecule has 1 aromatic carbocycles. The maximum atomic E-state index is 12.1. The van der Waals surface area contributed by atoms with Gasteiger partial charge in [0, 0.05) is 11.6 Å². The van der Waals surface area contributed by atoms with Gasteiger partial charge in [0.25, 0.3) is 5.91 Å². The lowest BCUT2D eigenvalue weighted by molar-refractivity contribution is 0.0943. The Labute approximate surface area is 115 Å². The molecule has 2 N–H and O–H groups in total. The summed E-state index contributed by atoms with van der Waals surface area (Å²) in [5.74, 6) is 0.623. The van der Waals surface area contributed by atoms with Crippen LogP contribution in [0.1, 0.15) is 54.1 Å². The SMILES string of the molecule is Cc1ccc(C(=O)NC(C)C)cc1C1CCNCC1. The summed E-state index contributed by atoms with van der Waals surface area (Å²) in [5.41, 5.74) is 3.43. The van der Waals surface area contributed by atoms with Gasteiger partial charge < -0.3 is 10.6 Å². The van der Waals surface area contributed by atoms with Gasteiger partial charge in [0.1, 0.15) is 0 Å². The van der Waals surface area contributed by atoms with Crippen LogP contribution in [0.3, 0.4) is 0 Å². The van der Waals surface area contributed by atoms with E-state index in [1.54, 1.807) is 0 Å². The van der Waals surface area contributed by atoms with Crippen LogP contribution in [0, 0.1) is 6.92 Å². The van der Waals surface area contributed by atoms with Crippen LogP contribution in [-0.2, 0) is 0 Å². The van der Waals surface area contributed by atoms with Crippen molar-refractivity contribution in [3.8, 4) is 0 Å². The summed E-state index contributed by atoms with van der Waals surface area (Å²) in [4.78, 5) is 12.1. The predicted molar refractivity (Wildman–Crippen MR) is 78.6 cm³/mol. The van der Waals surface area contributed by atoms with Crippen LogP contribution in [-0.4, -0.2) is 25.0 Å². The first-order chi connectivity index (χ1) is 9.08. The third kappa shape index (κ3) is 3.57. The summed E-state index contributed by atoms with van der Waals surface area (Å²) in [6.45, 7) is 8.26. The topological polar surface area (TPSA) is 41.1 Å². The Morgan fingerprint density at radius 2 is 2.00 bits per heavy atom. The van der Waals surface area contributed by atoms with Gasteiger partial charge in [-0.25, -0.2) is 0 Å². The summed E-state index contributed by atoms with van der Waals surface area (Å²) in [7, 11) is 0. The van der Waals surface area contributed by atoms with Crippen molar-refractivity contribution in [1.29, 1.82) is 0 Å². The number of benzene rings is 1. The van der Waals surface area contributed by atoms with E-state index in [-0.39, 0.29) is 11.9 Å². The predicted octanol–water partition coefficient (Wildman–Crippen LogP) is 2.60. The van der Waals surface area contributed by atoms with E-state index in [1.165, 1.54) is 11.1 Å². The van der Waals surface area contributed by atoms with Crippen molar-refractivity contribution in [2.75, 3.05) is 13.1 Å². The van der Waals surface area contributed by atoms with E-state index in [0.717, 1.165) is 31.5 Å². The third-order valence-corrected chi connectivity index (χ3v) is 3.74. The van der Waals surface area contributed by atoms with Crippen LogP contribution in [0.4, 0.5) is 0 Å². The molecular weight excluding hydrogens is 236 g/mol. The van der Waals surface area contributed by atoms with Gasteiger partial charge in [-0.15, -0.1) is 0 Å². The molecule has 1 amide bonds. The molecule has 2 rings (SSSR count). The second kappa shape index (κ2) is 6.20. The highest BCUT2D eigenvalue weighted by Crippen LogP contribution is 2.28. The molecular formula is C16H24N2O. The number of aryl methyl sites for hydroxylation is 1. The summed E-state index contributed by atoms with van der Waals surface area (Å²) < 4.78 is 0. The van der Waals surface area contributed by atoms with Gasteiger partial charge in [-0.3, -0.25) is 4.79 Å².